The van der Waals surface area contributed by atoms with Gasteiger partial charge in [0.05, 0.1) is 30.3 Å². The molecule has 3 amide bonds. The lowest BCUT2D eigenvalue weighted by molar-refractivity contribution is -0.123. The Morgan fingerprint density at radius 1 is 1.03 bits per heavy atom. The molecule has 7 heteroatoms. The topological polar surface area (TPSA) is 66.9 Å². The van der Waals surface area contributed by atoms with Gasteiger partial charge in [-0.15, -0.1) is 0 Å². The van der Waals surface area contributed by atoms with Gasteiger partial charge >= 0.3 is 0 Å². The van der Waals surface area contributed by atoms with Gasteiger partial charge in [0.15, 0.2) is 0 Å². The van der Waals surface area contributed by atoms with Crippen LogP contribution in [0.25, 0.3) is 0 Å². The Hall–Kier alpha value is -4.00. The Labute approximate surface area is 197 Å². The van der Waals surface area contributed by atoms with Gasteiger partial charge in [-0.3, -0.25) is 14.4 Å². The highest BCUT2D eigenvalue weighted by molar-refractivity contribution is 6.23. The Morgan fingerprint density at radius 2 is 1.68 bits per heavy atom. The summed E-state index contributed by atoms with van der Waals surface area (Å²) in [6.07, 6.45) is -0.191. The van der Waals surface area contributed by atoms with Crippen LogP contribution in [0.15, 0.2) is 78.9 Å². The van der Waals surface area contributed by atoms with Crippen LogP contribution >= 0.6 is 0 Å². The van der Waals surface area contributed by atoms with Gasteiger partial charge < -0.3 is 9.64 Å². The zero-order valence-electron chi connectivity index (χ0n) is 19.0. The molecule has 1 heterocycles. The molecule has 34 heavy (non-hydrogen) atoms. The molecule has 174 valence electrons. The molecule has 0 aliphatic carbocycles. The molecule has 1 aliphatic rings. The number of carbonyl (C=O) groups is 3. The summed E-state index contributed by atoms with van der Waals surface area (Å²) in [6.45, 7) is 4.12. The summed E-state index contributed by atoms with van der Waals surface area (Å²) in [7, 11) is 0. The molecule has 0 saturated carbocycles. The minimum absolute atomic E-state index is 0.148. The van der Waals surface area contributed by atoms with Gasteiger partial charge in [-0.2, -0.15) is 0 Å². The second-order valence-electron chi connectivity index (χ2n) is 7.99. The van der Waals surface area contributed by atoms with Crippen molar-refractivity contribution in [3.63, 3.8) is 0 Å². The van der Waals surface area contributed by atoms with Gasteiger partial charge in [0, 0.05) is 0 Å². The number of carbonyl (C=O) groups excluding carboxylic acids is 3. The molecule has 0 bridgehead atoms. The van der Waals surface area contributed by atoms with Gasteiger partial charge in [0.2, 0.25) is 5.91 Å². The van der Waals surface area contributed by atoms with Crippen molar-refractivity contribution >= 4 is 23.4 Å². The maximum absolute atomic E-state index is 14.5. The van der Waals surface area contributed by atoms with Gasteiger partial charge in [-0.25, -0.2) is 9.29 Å². The van der Waals surface area contributed by atoms with Crippen LogP contribution in [0.3, 0.4) is 0 Å². The molecular formula is C27H25FN2O4. The van der Waals surface area contributed by atoms with Crippen molar-refractivity contribution in [2.24, 2.45) is 0 Å². The fourth-order valence-corrected chi connectivity index (χ4v) is 4.22. The number of nitrogens with zero attached hydrogens (tertiary/aromatic N) is 2. The zero-order valence-corrected chi connectivity index (χ0v) is 19.0. The van der Waals surface area contributed by atoms with Crippen LogP contribution < -0.4 is 9.64 Å². The third-order valence-corrected chi connectivity index (χ3v) is 5.90. The molecule has 0 N–H and O–H groups in total. The Morgan fingerprint density at radius 3 is 2.32 bits per heavy atom. The number of hydrogen-bond acceptors (Lipinski definition) is 4. The maximum atomic E-state index is 14.5. The van der Waals surface area contributed by atoms with E-state index in [1.807, 2.05) is 37.3 Å². The molecule has 1 fully saturated rings. The fraction of sp³-hybridized carbons (Fsp3) is 0.222. The largest absolute Gasteiger partial charge is 0.494 e. The maximum Gasteiger partial charge on any atom is 0.258 e. The van der Waals surface area contributed by atoms with Crippen molar-refractivity contribution in [3.8, 4) is 5.75 Å². The van der Waals surface area contributed by atoms with Crippen LogP contribution in [0.5, 0.6) is 5.75 Å². The van der Waals surface area contributed by atoms with E-state index in [0.29, 0.717) is 18.0 Å². The third kappa shape index (κ3) is 4.41. The third-order valence-electron chi connectivity index (χ3n) is 5.90. The van der Waals surface area contributed by atoms with Crippen molar-refractivity contribution in [1.29, 1.82) is 0 Å². The van der Waals surface area contributed by atoms with Crippen molar-refractivity contribution in [2.45, 2.75) is 32.4 Å². The minimum Gasteiger partial charge on any atom is -0.494 e. The van der Waals surface area contributed by atoms with Crippen molar-refractivity contribution in [2.75, 3.05) is 11.5 Å². The van der Waals surface area contributed by atoms with Crippen molar-refractivity contribution < 1.29 is 23.5 Å². The van der Waals surface area contributed by atoms with E-state index < -0.39 is 35.6 Å². The molecule has 4 rings (SSSR count). The van der Waals surface area contributed by atoms with Crippen LogP contribution in [-0.4, -0.2) is 35.3 Å². The van der Waals surface area contributed by atoms with E-state index in [-0.39, 0.29) is 12.0 Å². The molecule has 2 atom stereocenters. The van der Waals surface area contributed by atoms with Crippen LogP contribution in [0.4, 0.5) is 10.1 Å². The van der Waals surface area contributed by atoms with Crippen LogP contribution in [-0.2, 0) is 9.59 Å². The van der Waals surface area contributed by atoms with E-state index in [0.717, 1.165) is 10.5 Å². The summed E-state index contributed by atoms with van der Waals surface area (Å²) >= 11 is 0. The highest BCUT2D eigenvalue weighted by Gasteiger charge is 2.46. The standard InChI is InChI=1S/C27H25FN2O4/c1-3-34-21-15-13-20(14-16-21)30-25(31)17-24(27(30)33)29(18(2)19-9-5-4-6-10-19)26(32)22-11-7-8-12-23(22)28/h4-16,18,24H,3,17H2,1-2H3. The summed E-state index contributed by atoms with van der Waals surface area (Å²) in [5.41, 5.74) is 1.02. The summed E-state index contributed by atoms with van der Waals surface area (Å²) in [6, 6.07) is 19.8. The molecule has 2 unspecified atom stereocenters. The van der Waals surface area contributed by atoms with E-state index in [4.69, 9.17) is 4.74 Å². The highest BCUT2D eigenvalue weighted by atomic mass is 19.1. The molecule has 3 aromatic rings. The van der Waals surface area contributed by atoms with Crippen molar-refractivity contribution in [1.82, 2.24) is 4.90 Å². The van der Waals surface area contributed by atoms with E-state index in [2.05, 4.69) is 0 Å². The summed E-state index contributed by atoms with van der Waals surface area (Å²) < 4.78 is 20.0. The molecule has 0 aromatic heterocycles. The normalized spacial score (nSPS) is 16.4. The minimum atomic E-state index is -1.07. The number of amides is 3. The second kappa shape index (κ2) is 9.87. The first kappa shape index (κ1) is 23.2. The Balaban J connectivity index is 1.71. The number of anilines is 1. The average Bonchev–Trinajstić information content (AvgIpc) is 3.14. The van der Waals surface area contributed by atoms with E-state index >= 15 is 0 Å². The van der Waals surface area contributed by atoms with E-state index in [9.17, 15) is 18.8 Å². The number of benzene rings is 3. The van der Waals surface area contributed by atoms with Gasteiger partial charge in [-0.1, -0.05) is 42.5 Å². The quantitative estimate of drug-likeness (QED) is 0.477. The van der Waals surface area contributed by atoms with Crippen LogP contribution in [0, 0.1) is 5.82 Å². The molecule has 6 nitrogen and oxygen atoms in total. The first-order valence-corrected chi connectivity index (χ1v) is 11.1. The molecular weight excluding hydrogens is 435 g/mol. The summed E-state index contributed by atoms with van der Waals surface area (Å²) in [4.78, 5) is 42.4. The van der Waals surface area contributed by atoms with Crippen molar-refractivity contribution in [3.05, 3.63) is 95.8 Å². The molecule has 1 aliphatic heterocycles. The smallest absolute Gasteiger partial charge is 0.258 e. The number of rotatable bonds is 7. The molecule has 1 saturated heterocycles. The van der Waals surface area contributed by atoms with Gasteiger partial charge in [0.1, 0.15) is 17.6 Å². The van der Waals surface area contributed by atoms with Crippen LogP contribution in [0.1, 0.15) is 42.2 Å². The fourth-order valence-electron chi connectivity index (χ4n) is 4.22. The van der Waals surface area contributed by atoms with Gasteiger partial charge in [0.25, 0.3) is 11.8 Å². The number of ether oxygens (including phenoxy) is 1. The average molecular weight is 461 g/mol. The second-order valence-corrected chi connectivity index (χ2v) is 7.99. The summed E-state index contributed by atoms with van der Waals surface area (Å²) in [5.74, 6) is -1.66. The predicted molar refractivity (Wildman–Crippen MR) is 126 cm³/mol. The monoisotopic (exact) mass is 460 g/mol. The molecule has 3 aromatic carbocycles. The van der Waals surface area contributed by atoms with Gasteiger partial charge in [-0.05, 0) is 55.8 Å². The van der Waals surface area contributed by atoms with Crippen LogP contribution in [0.2, 0.25) is 0 Å². The number of hydrogen-bond donors (Lipinski definition) is 0. The lowest BCUT2D eigenvalue weighted by atomic mass is 10.0. The number of imide groups is 1. The molecule has 0 spiro atoms. The Kier molecular flexibility index (Phi) is 6.72. The first-order chi connectivity index (χ1) is 16.4. The lowest BCUT2D eigenvalue weighted by Gasteiger charge is -2.33. The Bertz CT molecular complexity index is 1200. The van der Waals surface area contributed by atoms with E-state index in [1.54, 1.807) is 37.3 Å². The lowest BCUT2D eigenvalue weighted by Crippen LogP contribution is -2.47. The highest BCUT2D eigenvalue weighted by Crippen LogP contribution is 2.33. The van der Waals surface area contributed by atoms with E-state index in [1.165, 1.54) is 23.1 Å². The first-order valence-electron chi connectivity index (χ1n) is 11.1. The SMILES string of the molecule is CCOc1ccc(N2C(=O)CC(N(C(=O)c3ccccc3F)C(C)c3ccccc3)C2=O)cc1. The zero-order chi connectivity index (χ0) is 24.2. The molecule has 0 radical (unpaired) electrons. The predicted octanol–water partition coefficient (Wildman–Crippen LogP) is 4.76. The number of halogens is 1. The summed E-state index contributed by atoms with van der Waals surface area (Å²) in [5, 5.41) is 0.